The third kappa shape index (κ3) is 4.81. The van der Waals surface area contributed by atoms with E-state index in [4.69, 9.17) is 10.5 Å². The van der Waals surface area contributed by atoms with E-state index >= 15 is 0 Å². The molecule has 1 amide bonds. The number of piperidine rings is 1. The summed E-state index contributed by atoms with van der Waals surface area (Å²) in [6, 6.07) is 9.45. The molecule has 1 aliphatic rings. The predicted octanol–water partition coefficient (Wildman–Crippen LogP) is 1.45. The summed E-state index contributed by atoms with van der Waals surface area (Å²) in [4.78, 5) is 14.5. The Morgan fingerprint density at radius 2 is 2.05 bits per heavy atom. The lowest BCUT2D eigenvalue weighted by molar-refractivity contribution is -0.121. The van der Waals surface area contributed by atoms with E-state index in [1.54, 1.807) is 0 Å². The number of hydrogen-bond donors (Lipinski definition) is 2. The van der Waals surface area contributed by atoms with Crippen LogP contribution in [-0.4, -0.2) is 49.2 Å². The van der Waals surface area contributed by atoms with Gasteiger partial charge in [-0.05, 0) is 31.9 Å². The smallest absolute Gasteiger partial charge is 0.241 e. The number of likely N-dealkylation sites (tertiary alicyclic amines) is 1. The molecule has 1 aromatic rings. The molecule has 0 aromatic heterocycles. The van der Waals surface area contributed by atoms with Crippen LogP contribution in [0.5, 0.6) is 0 Å². The molecule has 0 spiro atoms. The summed E-state index contributed by atoms with van der Waals surface area (Å²) in [6.45, 7) is 4.92. The zero-order valence-electron chi connectivity index (χ0n) is 12.6. The van der Waals surface area contributed by atoms with Crippen molar-refractivity contribution in [2.24, 2.45) is 5.73 Å². The minimum absolute atomic E-state index is 0.0440. The number of nitrogens with one attached hydrogen (secondary N) is 1. The lowest BCUT2D eigenvalue weighted by Gasteiger charge is -2.35. The van der Waals surface area contributed by atoms with E-state index in [9.17, 15) is 4.79 Å². The fourth-order valence-corrected chi connectivity index (χ4v) is 2.60. The largest absolute Gasteiger partial charge is 0.377 e. The maximum atomic E-state index is 12.3. The molecule has 116 valence electrons. The highest BCUT2D eigenvalue weighted by Crippen LogP contribution is 2.17. The molecule has 21 heavy (non-hydrogen) atoms. The van der Waals surface area contributed by atoms with E-state index in [-0.39, 0.29) is 18.1 Å². The summed E-state index contributed by atoms with van der Waals surface area (Å²) >= 11 is 0. The van der Waals surface area contributed by atoms with Gasteiger partial charge in [-0.3, -0.25) is 9.69 Å². The zero-order chi connectivity index (χ0) is 15.1. The molecule has 1 unspecified atom stereocenters. The van der Waals surface area contributed by atoms with Crippen LogP contribution in [0.4, 0.5) is 5.69 Å². The first-order chi connectivity index (χ1) is 10.2. The van der Waals surface area contributed by atoms with Gasteiger partial charge in [0.1, 0.15) is 0 Å². The van der Waals surface area contributed by atoms with Crippen LogP contribution in [0, 0.1) is 0 Å². The summed E-state index contributed by atoms with van der Waals surface area (Å²) in [5.41, 5.74) is 6.29. The molecule has 5 nitrogen and oxygen atoms in total. The molecule has 1 heterocycles. The molecule has 1 saturated heterocycles. The summed E-state index contributed by atoms with van der Waals surface area (Å²) in [5, 5.41) is 2.96. The summed E-state index contributed by atoms with van der Waals surface area (Å²) < 4.78 is 5.66. The predicted molar refractivity (Wildman–Crippen MR) is 84.1 cm³/mol. The van der Waals surface area contributed by atoms with Gasteiger partial charge >= 0.3 is 0 Å². The van der Waals surface area contributed by atoms with Crippen LogP contribution in [0.25, 0.3) is 0 Å². The number of benzene rings is 1. The zero-order valence-corrected chi connectivity index (χ0v) is 12.6. The van der Waals surface area contributed by atoms with E-state index in [1.807, 2.05) is 37.3 Å². The molecular weight excluding hydrogens is 266 g/mol. The average Bonchev–Trinajstić information content (AvgIpc) is 2.53. The van der Waals surface area contributed by atoms with Crippen molar-refractivity contribution in [3.8, 4) is 0 Å². The molecular formula is C16H25N3O2. The fourth-order valence-electron chi connectivity index (χ4n) is 2.60. The Bertz CT molecular complexity index is 430. The molecule has 1 aliphatic heterocycles. The van der Waals surface area contributed by atoms with Gasteiger partial charge in [0.25, 0.3) is 0 Å². The van der Waals surface area contributed by atoms with Gasteiger partial charge in [0.05, 0.1) is 18.8 Å². The number of hydrogen-bond acceptors (Lipinski definition) is 4. The maximum Gasteiger partial charge on any atom is 0.241 e. The number of para-hydroxylation sites is 1. The van der Waals surface area contributed by atoms with Crippen LogP contribution in [0.3, 0.4) is 0 Å². The van der Waals surface area contributed by atoms with Crippen LogP contribution in [0.2, 0.25) is 0 Å². The van der Waals surface area contributed by atoms with Gasteiger partial charge in [-0.2, -0.15) is 0 Å². The van der Waals surface area contributed by atoms with Crippen molar-refractivity contribution in [1.29, 1.82) is 0 Å². The molecule has 1 aromatic carbocycles. The van der Waals surface area contributed by atoms with Gasteiger partial charge in [0.2, 0.25) is 5.91 Å². The van der Waals surface area contributed by atoms with Gasteiger partial charge in [-0.25, -0.2) is 0 Å². The first-order valence-corrected chi connectivity index (χ1v) is 7.62. The molecule has 0 aliphatic carbocycles. The first-order valence-electron chi connectivity index (χ1n) is 7.62. The monoisotopic (exact) mass is 291 g/mol. The van der Waals surface area contributed by atoms with Gasteiger partial charge < -0.3 is 15.8 Å². The van der Waals surface area contributed by atoms with Gasteiger partial charge in [-0.15, -0.1) is 0 Å². The average molecular weight is 291 g/mol. The number of carbonyl (C=O) groups excluding carboxylic acids is 1. The molecule has 0 radical (unpaired) electrons. The van der Waals surface area contributed by atoms with Crippen molar-refractivity contribution in [3.63, 3.8) is 0 Å². The maximum absolute atomic E-state index is 12.3. The SMILES string of the molecule is CC(C(=O)Nc1ccccc1)N1CCC(OCCN)CC1. The van der Waals surface area contributed by atoms with E-state index in [1.165, 1.54) is 0 Å². The van der Waals surface area contributed by atoms with E-state index in [0.717, 1.165) is 31.6 Å². The molecule has 3 N–H and O–H groups in total. The minimum atomic E-state index is -0.124. The lowest BCUT2D eigenvalue weighted by atomic mass is 10.1. The highest BCUT2D eigenvalue weighted by molar-refractivity contribution is 5.94. The number of rotatable bonds is 6. The van der Waals surface area contributed by atoms with E-state index in [2.05, 4.69) is 10.2 Å². The molecule has 5 heteroatoms. The molecule has 1 atom stereocenters. The lowest BCUT2D eigenvalue weighted by Crippen LogP contribution is -2.47. The Morgan fingerprint density at radius 1 is 1.38 bits per heavy atom. The van der Waals surface area contributed by atoms with Gasteiger partial charge in [0.15, 0.2) is 0 Å². The summed E-state index contributed by atoms with van der Waals surface area (Å²) in [6.07, 6.45) is 2.21. The van der Waals surface area contributed by atoms with Crippen molar-refractivity contribution in [3.05, 3.63) is 30.3 Å². The Hall–Kier alpha value is -1.43. The van der Waals surface area contributed by atoms with Gasteiger partial charge in [0, 0.05) is 25.3 Å². The van der Waals surface area contributed by atoms with Crippen LogP contribution >= 0.6 is 0 Å². The highest BCUT2D eigenvalue weighted by atomic mass is 16.5. The molecule has 0 bridgehead atoms. The second-order valence-electron chi connectivity index (χ2n) is 5.43. The second kappa shape index (κ2) is 8.12. The number of amides is 1. The van der Waals surface area contributed by atoms with Crippen molar-refractivity contribution in [2.45, 2.75) is 31.9 Å². The fraction of sp³-hybridized carbons (Fsp3) is 0.562. The minimum Gasteiger partial charge on any atom is -0.377 e. The number of ether oxygens (including phenoxy) is 1. The molecule has 0 saturated carbocycles. The van der Waals surface area contributed by atoms with Crippen LogP contribution in [0.1, 0.15) is 19.8 Å². The topological polar surface area (TPSA) is 67.6 Å². The van der Waals surface area contributed by atoms with E-state index in [0.29, 0.717) is 13.2 Å². The highest BCUT2D eigenvalue weighted by Gasteiger charge is 2.26. The standard InChI is InChI=1S/C16H25N3O2/c1-13(16(20)18-14-5-3-2-4-6-14)19-10-7-15(8-11-19)21-12-9-17/h2-6,13,15H,7-12,17H2,1H3,(H,18,20). The van der Waals surface area contributed by atoms with Crippen molar-refractivity contribution in [2.75, 3.05) is 31.6 Å². The van der Waals surface area contributed by atoms with Crippen molar-refractivity contribution in [1.82, 2.24) is 4.90 Å². The van der Waals surface area contributed by atoms with Crippen molar-refractivity contribution < 1.29 is 9.53 Å². The molecule has 2 rings (SSSR count). The van der Waals surface area contributed by atoms with Crippen molar-refractivity contribution >= 4 is 11.6 Å². The third-order valence-corrected chi connectivity index (χ3v) is 3.92. The number of nitrogens with two attached hydrogens (primary N) is 1. The first kappa shape index (κ1) is 15.9. The number of nitrogens with zero attached hydrogens (tertiary/aromatic N) is 1. The van der Waals surface area contributed by atoms with Gasteiger partial charge in [-0.1, -0.05) is 18.2 Å². The second-order valence-corrected chi connectivity index (χ2v) is 5.43. The quantitative estimate of drug-likeness (QED) is 0.832. The Balaban J connectivity index is 1.78. The normalized spacial score (nSPS) is 18.4. The number of carbonyl (C=O) groups is 1. The molecule has 1 fully saturated rings. The Morgan fingerprint density at radius 3 is 2.67 bits per heavy atom. The van der Waals surface area contributed by atoms with E-state index < -0.39 is 0 Å². The van der Waals surface area contributed by atoms with Crippen LogP contribution < -0.4 is 11.1 Å². The summed E-state index contributed by atoms with van der Waals surface area (Å²) in [7, 11) is 0. The Labute approximate surface area is 126 Å². The third-order valence-electron chi connectivity index (χ3n) is 3.92. The Kier molecular flexibility index (Phi) is 6.17. The van der Waals surface area contributed by atoms with Crippen LogP contribution in [-0.2, 0) is 9.53 Å². The van der Waals surface area contributed by atoms with Crippen LogP contribution in [0.15, 0.2) is 30.3 Å². The summed E-state index contributed by atoms with van der Waals surface area (Å²) in [5.74, 6) is 0.0440. The number of anilines is 1.